The van der Waals surface area contributed by atoms with E-state index in [2.05, 4.69) is 18.9 Å². The van der Waals surface area contributed by atoms with Crippen molar-refractivity contribution in [3.63, 3.8) is 0 Å². The van der Waals surface area contributed by atoms with Crippen LogP contribution in [0, 0.1) is 5.41 Å². The van der Waals surface area contributed by atoms with Gasteiger partial charge in [0, 0.05) is 49.6 Å². The summed E-state index contributed by atoms with van der Waals surface area (Å²) in [7, 11) is 0. The molecule has 4 rings (SSSR count). The van der Waals surface area contributed by atoms with Gasteiger partial charge in [-0.15, -0.1) is 0 Å². The summed E-state index contributed by atoms with van der Waals surface area (Å²) in [6.45, 7) is 9.97. The Labute approximate surface area is 219 Å². The van der Waals surface area contributed by atoms with Crippen molar-refractivity contribution in [2.75, 3.05) is 32.8 Å². The van der Waals surface area contributed by atoms with Gasteiger partial charge in [-0.2, -0.15) is 5.10 Å². The second-order valence-corrected chi connectivity index (χ2v) is 11.1. The van der Waals surface area contributed by atoms with E-state index < -0.39 is 5.41 Å². The van der Waals surface area contributed by atoms with Crippen molar-refractivity contribution in [1.82, 2.24) is 19.6 Å². The first-order chi connectivity index (χ1) is 17.3. The van der Waals surface area contributed by atoms with Crippen molar-refractivity contribution in [2.24, 2.45) is 5.41 Å². The van der Waals surface area contributed by atoms with Crippen LogP contribution in [-0.2, 0) is 11.3 Å². The van der Waals surface area contributed by atoms with Crippen molar-refractivity contribution in [3.8, 4) is 5.75 Å². The number of hydrogen-bond acceptors (Lipinski definition) is 4. The van der Waals surface area contributed by atoms with E-state index >= 15 is 0 Å². The Morgan fingerprint density at radius 1 is 1.08 bits per heavy atom. The number of aryl methyl sites for hydroxylation is 1. The lowest BCUT2D eigenvalue weighted by Gasteiger charge is -2.43. The van der Waals surface area contributed by atoms with Crippen molar-refractivity contribution in [1.29, 1.82) is 0 Å². The average molecular weight is 515 g/mol. The molecular weight excluding hydrogens is 476 g/mol. The van der Waals surface area contributed by atoms with Crippen molar-refractivity contribution >= 4 is 23.4 Å². The minimum absolute atomic E-state index is 0.0199. The Bertz CT molecular complexity index is 1060. The number of piperidine rings is 2. The average Bonchev–Trinajstić information content (AvgIpc) is 3.33. The lowest BCUT2D eigenvalue weighted by molar-refractivity contribution is -0.136. The molecule has 2 aromatic rings. The molecule has 8 heteroatoms. The highest BCUT2D eigenvalue weighted by Gasteiger charge is 2.41. The normalized spacial score (nSPS) is 20.6. The van der Waals surface area contributed by atoms with Gasteiger partial charge in [0.15, 0.2) is 0 Å². The summed E-state index contributed by atoms with van der Waals surface area (Å²) < 4.78 is 8.02. The molecule has 0 unspecified atom stereocenters. The largest absolute Gasteiger partial charge is 0.493 e. The van der Waals surface area contributed by atoms with Crippen LogP contribution in [-0.4, -0.2) is 64.2 Å². The van der Waals surface area contributed by atoms with Gasteiger partial charge in [-0.3, -0.25) is 14.3 Å². The fourth-order valence-corrected chi connectivity index (χ4v) is 5.54. The number of halogens is 1. The van der Waals surface area contributed by atoms with Gasteiger partial charge >= 0.3 is 0 Å². The monoisotopic (exact) mass is 514 g/mol. The van der Waals surface area contributed by atoms with E-state index in [1.165, 1.54) is 6.42 Å². The van der Waals surface area contributed by atoms with E-state index in [-0.39, 0.29) is 17.7 Å². The minimum atomic E-state index is -0.456. The summed E-state index contributed by atoms with van der Waals surface area (Å²) in [5.74, 6) is 1.08. The molecule has 7 nitrogen and oxygen atoms in total. The first kappa shape index (κ1) is 26.5. The number of carbonyl (C=O) groups excluding carboxylic acids is 2. The predicted octanol–water partition coefficient (Wildman–Crippen LogP) is 5.38. The highest BCUT2D eigenvalue weighted by atomic mass is 35.5. The van der Waals surface area contributed by atoms with E-state index in [4.69, 9.17) is 16.3 Å². The summed E-state index contributed by atoms with van der Waals surface area (Å²) in [5, 5.41) is 5.26. The summed E-state index contributed by atoms with van der Waals surface area (Å²) in [6, 6.07) is 9.27. The smallest absolute Gasteiger partial charge is 0.272 e. The molecule has 1 atom stereocenters. The SMILES string of the molecule is CCn1nc(C(C)C)cc1C(=O)N1CCC[C@@](COc2cccc(Cl)c2)(CC(=O)N2CCCCC2)C1. The molecule has 2 saturated heterocycles. The Morgan fingerprint density at radius 3 is 2.53 bits per heavy atom. The molecule has 1 aromatic heterocycles. The van der Waals surface area contributed by atoms with Crippen LogP contribution >= 0.6 is 11.6 Å². The Balaban J connectivity index is 1.56. The minimum Gasteiger partial charge on any atom is -0.493 e. The van der Waals surface area contributed by atoms with Gasteiger partial charge in [-0.05, 0) is 69.2 Å². The fourth-order valence-electron chi connectivity index (χ4n) is 5.36. The van der Waals surface area contributed by atoms with Crippen LogP contribution in [0.15, 0.2) is 30.3 Å². The molecule has 0 N–H and O–H groups in total. The van der Waals surface area contributed by atoms with Crippen molar-refractivity contribution in [3.05, 3.63) is 46.7 Å². The van der Waals surface area contributed by atoms with Crippen LogP contribution in [0.2, 0.25) is 5.02 Å². The number of nitrogens with zero attached hydrogens (tertiary/aromatic N) is 4. The predicted molar refractivity (Wildman–Crippen MR) is 142 cm³/mol. The van der Waals surface area contributed by atoms with Gasteiger partial charge in [-0.1, -0.05) is 31.5 Å². The Morgan fingerprint density at radius 2 is 1.83 bits per heavy atom. The molecule has 1 aromatic carbocycles. The number of amides is 2. The number of carbonyl (C=O) groups is 2. The van der Waals surface area contributed by atoms with Gasteiger partial charge in [0.2, 0.25) is 5.91 Å². The lowest BCUT2D eigenvalue weighted by atomic mass is 9.77. The molecule has 0 saturated carbocycles. The summed E-state index contributed by atoms with van der Waals surface area (Å²) in [4.78, 5) is 31.0. The Hall–Kier alpha value is -2.54. The molecule has 2 amide bonds. The zero-order valence-corrected chi connectivity index (χ0v) is 22.6. The van der Waals surface area contributed by atoms with Gasteiger partial charge in [0.1, 0.15) is 11.4 Å². The molecule has 0 radical (unpaired) electrons. The highest BCUT2D eigenvalue weighted by molar-refractivity contribution is 6.30. The van der Waals surface area contributed by atoms with Gasteiger partial charge in [0.25, 0.3) is 5.91 Å². The molecule has 0 bridgehead atoms. The second kappa shape index (κ2) is 11.7. The van der Waals surface area contributed by atoms with Gasteiger partial charge in [-0.25, -0.2) is 0 Å². The molecule has 3 heterocycles. The van der Waals surface area contributed by atoms with E-state index in [9.17, 15) is 9.59 Å². The molecule has 2 fully saturated rings. The maximum absolute atomic E-state index is 13.7. The molecule has 2 aliphatic heterocycles. The highest BCUT2D eigenvalue weighted by Crippen LogP contribution is 2.36. The number of likely N-dealkylation sites (tertiary alicyclic amines) is 2. The zero-order chi connectivity index (χ0) is 25.7. The van der Waals surface area contributed by atoms with E-state index in [1.807, 2.05) is 41.0 Å². The third kappa shape index (κ3) is 6.23. The van der Waals surface area contributed by atoms with Crippen LogP contribution < -0.4 is 4.74 Å². The molecule has 0 spiro atoms. The Kier molecular flexibility index (Phi) is 8.60. The molecular formula is C28H39ClN4O3. The van der Waals surface area contributed by atoms with Crippen LogP contribution in [0.5, 0.6) is 5.75 Å². The van der Waals surface area contributed by atoms with E-state index in [1.54, 1.807) is 10.7 Å². The summed E-state index contributed by atoms with van der Waals surface area (Å²) in [6.07, 6.45) is 5.33. The number of hydrogen-bond donors (Lipinski definition) is 0. The standard InChI is InChI=1S/C28H39ClN4O3/c1-4-33-25(17-24(30-33)21(2)3)27(35)32-15-9-12-28(19-32,18-26(34)31-13-6-5-7-14-31)20-36-23-11-8-10-22(29)16-23/h8,10-11,16-17,21H,4-7,9,12-15,18-20H2,1-3H3/t28-/m1/s1. The first-order valence-corrected chi connectivity index (χ1v) is 13.7. The molecule has 2 aliphatic rings. The van der Waals surface area contributed by atoms with Crippen LogP contribution in [0.3, 0.4) is 0 Å². The maximum atomic E-state index is 13.7. The van der Waals surface area contributed by atoms with Crippen molar-refractivity contribution in [2.45, 2.75) is 71.8 Å². The number of ether oxygens (including phenoxy) is 1. The summed E-state index contributed by atoms with van der Waals surface area (Å²) in [5.41, 5.74) is 1.09. The van der Waals surface area contributed by atoms with E-state index in [0.29, 0.717) is 49.1 Å². The molecule has 196 valence electrons. The number of aromatic nitrogens is 2. The second-order valence-electron chi connectivity index (χ2n) is 10.6. The van der Waals surface area contributed by atoms with Crippen molar-refractivity contribution < 1.29 is 14.3 Å². The number of rotatable bonds is 8. The van der Waals surface area contributed by atoms with E-state index in [0.717, 1.165) is 44.5 Å². The summed E-state index contributed by atoms with van der Waals surface area (Å²) >= 11 is 6.17. The quantitative estimate of drug-likeness (QED) is 0.474. The third-order valence-electron chi connectivity index (χ3n) is 7.43. The topological polar surface area (TPSA) is 67.7 Å². The fraction of sp³-hybridized carbons (Fsp3) is 0.607. The number of benzene rings is 1. The van der Waals surface area contributed by atoms with Gasteiger partial charge in [0.05, 0.1) is 12.3 Å². The van der Waals surface area contributed by atoms with Gasteiger partial charge < -0.3 is 14.5 Å². The van der Waals surface area contributed by atoms with Crippen LogP contribution in [0.4, 0.5) is 0 Å². The van der Waals surface area contributed by atoms with Crippen LogP contribution in [0.1, 0.15) is 81.4 Å². The molecule has 36 heavy (non-hydrogen) atoms. The lowest BCUT2D eigenvalue weighted by Crippen LogP contribution is -2.51. The zero-order valence-electron chi connectivity index (χ0n) is 21.8. The maximum Gasteiger partial charge on any atom is 0.272 e. The molecule has 0 aliphatic carbocycles. The first-order valence-electron chi connectivity index (χ1n) is 13.3. The third-order valence-corrected chi connectivity index (χ3v) is 7.67. The van der Waals surface area contributed by atoms with Crippen LogP contribution in [0.25, 0.3) is 0 Å².